The summed E-state index contributed by atoms with van der Waals surface area (Å²) >= 11 is 0. The lowest BCUT2D eigenvalue weighted by molar-refractivity contribution is 0.0287. The van der Waals surface area contributed by atoms with Gasteiger partial charge < -0.3 is 29.5 Å². The third-order valence-corrected chi connectivity index (χ3v) is 4.74. The minimum absolute atomic E-state index is 0. The number of nitrogens with one attached hydrogen (secondary N) is 2. The number of rotatable bonds is 5. The summed E-state index contributed by atoms with van der Waals surface area (Å²) in [7, 11) is 0. The second-order valence-corrected chi connectivity index (χ2v) is 6.58. The lowest BCUT2D eigenvalue weighted by atomic mass is 10.1. The summed E-state index contributed by atoms with van der Waals surface area (Å²) in [6, 6.07) is 9.57. The summed E-state index contributed by atoms with van der Waals surface area (Å²) < 4.78 is 16.7. The number of morpholine rings is 2. The lowest BCUT2D eigenvalue weighted by Crippen LogP contribution is -2.45. The minimum atomic E-state index is -0.203. The smallest absolute Gasteiger partial charge is 0.259 e. The fourth-order valence-electron chi connectivity index (χ4n) is 3.31. The van der Waals surface area contributed by atoms with Gasteiger partial charge in [-0.05, 0) is 0 Å². The summed E-state index contributed by atoms with van der Waals surface area (Å²) in [6.07, 6.45) is -0.0328. The van der Waals surface area contributed by atoms with Gasteiger partial charge in [0.2, 0.25) is 0 Å². The van der Waals surface area contributed by atoms with E-state index in [0.29, 0.717) is 56.6 Å². The first-order chi connectivity index (χ1) is 13.3. The van der Waals surface area contributed by atoms with Crippen LogP contribution in [0.4, 0.5) is 5.82 Å². The van der Waals surface area contributed by atoms with E-state index in [9.17, 15) is 4.79 Å². The Labute approximate surface area is 169 Å². The Morgan fingerprint density at radius 2 is 2.00 bits per heavy atom. The molecule has 3 heterocycles. The maximum absolute atomic E-state index is 13.1. The van der Waals surface area contributed by atoms with Crippen molar-refractivity contribution in [3.8, 4) is 11.3 Å². The Morgan fingerprint density at radius 1 is 1.21 bits per heavy atom. The molecule has 8 nitrogen and oxygen atoms in total. The number of carbonyl (C=O) groups excluding carboxylic acids is 1. The molecule has 4 rings (SSSR count). The third kappa shape index (κ3) is 4.64. The van der Waals surface area contributed by atoms with Crippen molar-refractivity contribution in [1.29, 1.82) is 0 Å². The average molecular weight is 409 g/mol. The van der Waals surface area contributed by atoms with E-state index in [1.54, 1.807) is 0 Å². The van der Waals surface area contributed by atoms with E-state index in [2.05, 4.69) is 15.8 Å². The van der Waals surface area contributed by atoms with Gasteiger partial charge in [-0.3, -0.25) is 4.79 Å². The molecule has 0 spiro atoms. The SMILES string of the molecule is Cl.O=C(NCC1CNCCO1)c1c(N2CCOCC2)noc1-c1ccccc1. The summed E-state index contributed by atoms with van der Waals surface area (Å²) in [4.78, 5) is 15.1. The number of aromatic nitrogens is 1. The number of halogens is 1. The molecule has 2 fully saturated rings. The van der Waals surface area contributed by atoms with Crippen LogP contribution in [0.15, 0.2) is 34.9 Å². The molecule has 152 valence electrons. The molecule has 9 heteroatoms. The van der Waals surface area contributed by atoms with Crippen molar-refractivity contribution in [3.63, 3.8) is 0 Å². The highest BCUT2D eigenvalue weighted by Crippen LogP contribution is 2.31. The van der Waals surface area contributed by atoms with Crippen molar-refractivity contribution >= 4 is 24.1 Å². The highest BCUT2D eigenvalue weighted by molar-refractivity contribution is 6.04. The molecule has 2 aliphatic heterocycles. The van der Waals surface area contributed by atoms with Crippen LogP contribution < -0.4 is 15.5 Å². The van der Waals surface area contributed by atoms with Crippen LogP contribution >= 0.6 is 12.4 Å². The Bertz CT molecular complexity index is 759. The second-order valence-electron chi connectivity index (χ2n) is 6.58. The van der Waals surface area contributed by atoms with Gasteiger partial charge in [0, 0.05) is 38.3 Å². The van der Waals surface area contributed by atoms with E-state index in [0.717, 1.165) is 18.7 Å². The van der Waals surface area contributed by atoms with Crippen LogP contribution in [0.1, 0.15) is 10.4 Å². The highest BCUT2D eigenvalue weighted by atomic mass is 35.5. The number of amides is 1. The van der Waals surface area contributed by atoms with Crippen molar-refractivity contribution in [3.05, 3.63) is 35.9 Å². The third-order valence-electron chi connectivity index (χ3n) is 4.74. The molecule has 0 saturated carbocycles. The number of benzene rings is 1. The predicted octanol–water partition coefficient (Wildman–Crippen LogP) is 1.32. The van der Waals surface area contributed by atoms with Gasteiger partial charge in [-0.25, -0.2) is 0 Å². The highest BCUT2D eigenvalue weighted by Gasteiger charge is 2.29. The molecule has 1 amide bonds. The average Bonchev–Trinajstić information content (AvgIpc) is 3.19. The van der Waals surface area contributed by atoms with Crippen LogP contribution in [0.2, 0.25) is 0 Å². The standard InChI is InChI=1S/C19H24N4O4.ClH/c24-19(21-13-15-12-20-6-9-26-15)16-17(14-4-2-1-3-5-14)27-22-18(16)23-7-10-25-11-8-23;/h1-5,15,20H,6-13H2,(H,21,24);1H. The molecule has 0 radical (unpaired) electrons. The van der Waals surface area contributed by atoms with Gasteiger partial charge in [0.25, 0.3) is 5.91 Å². The van der Waals surface area contributed by atoms with Crippen molar-refractivity contribution in [2.75, 3.05) is 57.4 Å². The maximum atomic E-state index is 13.1. The zero-order chi connectivity index (χ0) is 18.5. The number of hydrogen-bond donors (Lipinski definition) is 2. The van der Waals surface area contributed by atoms with Crippen LogP contribution in [0, 0.1) is 0 Å². The van der Waals surface area contributed by atoms with Crippen molar-refractivity contribution in [2.24, 2.45) is 0 Å². The zero-order valence-electron chi connectivity index (χ0n) is 15.6. The van der Waals surface area contributed by atoms with E-state index in [-0.39, 0.29) is 24.4 Å². The Kier molecular flexibility index (Phi) is 7.27. The molecular formula is C19H25ClN4O4. The van der Waals surface area contributed by atoms with E-state index in [4.69, 9.17) is 14.0 Å². The first-order valence-corrected chi connectivity index (χ1v) is 9.31. The first kappa shape index (κ1) is 20.6. The normalized spacial score (nSPS) is 19.7. The molecule has 28 heavy (non-hydrogen) atoms. The number of nitrogens with zero attached hydrogens (tertiary/aromatic N) is 2. The summed E-state index contributed by atoms with van der Waals surface area (Å²) in [5.41, 5.74) is 1.29. The molecular weight excluding hydrogens is 384 g/mol. The summed E-state index contributed by atoms with van der Waals surface area (Å²) in [5, 5.41) is 10.5. The minimum Gasteiger partial charge on any atom is -0.378 e. The van der Waals surface area contributed by atoms with Crippen molar-refractivity contribution in [1.82, 2.24) is 15.8 Å². The number of carbonyl (C=O) groups is 1. The van der Waals surface area contributed by atoms with E-state index < -0.39 is 0 Å². The predicted molar refractivity (Wildman–Crippen MR) is 107 cm³/mol. The number of anilines is 1. The van der Waals surface area contributed by atoms with Gasteiger partial charge in [-0.1, -0.05) is 35.5 Å². The Hall–Kier alpha value is -2.13. The molecule has 2 aliphatic rings. The summed E-state index contributed by atoms with van der Waals surface area (Å²) in [6.45, 7) is 5.23. The molecule has 1 aromatic heterocycles. The molecule has 2 aromatic rings. The summed E-state index contributed by atoms with van der Waals surface area (Å²) in [5.74, 6) is 0.848. The van der Waals surface area contributed by atoms with Gasteiger partial charge >= 0.3 is 0 Å². The zero-order valence-corrected chi connectivity index (χ0v) is 16.4. The van der Waals surface area contributed by atoms with Gasteiger partial charge in [0.1, 0.15) is 5.56 Å². The van der Waals surface area contributed by atoms with Crippen molar-refractivity contribution < 1.29 is 18.8 Å². The van der Waals surface area contributed by atoms with Gasteiger partial charge in [-0.2, -0.15) is 0 Å². The quantitative estimate of drug-likeness (QED) is 0.771. The van der Waals surface area contributed by atoms with Gasteiger partial charge in [0.15, 0.2) is 11.6 Å². The topological polar surface area (TPSA) is 88.9 Å². The second kappa shape index (κ2) is 9.88. The van der Waals surface area contributed by atoms with E-state index in [1.165, 1.54) is 0 Å². The molecule has 1 atom stereocenters. The number of hydrogen-bond acceptors (Lipinski definition) is 7. The monoisotopic (exact) mass is 408 g/mol. The lowest BCUT2D eigenvalue weighted by Gasteiger charge is -2.27. The van der Waals surface area contributed by atoms with Crippen molar-refractivity contribution in [2.45, 2.75) is 6.10 Å². The van der Waals surface area contributed by atoms with Gasteiger partial charge in [0.05, 0.1) is 25.9 Å². The van der Waals surface area contributed by atoms with Crippen LogP contribution in [-0.2, 0) is 9.47 Å². The van der Waals surface area contributed by atoms with Gasteiger partial charge in [-0.15, -0.1) is 12.4 Å². The molecule has 1 unspecified atom stereocenters. The maximum Gasteiger partial charge on any atom is 0.259 e. The Balaban J connectivity index is 0.00000225. The van der Waals surface area contributed by atoms with E-state index in [1.807, 2.05) is 35.2 Å². The largest absolute Gasteiger partial charge is 0.378 e. The number of ether oxygens (including phenoxy) is 2. The molecule has 1 aromatic carbocycles. The fraction of sp³-hybridized carbons (Fsp3) is 0.474. The molecule has 2 saturated heterocycles. The van der Waals surface area contributed by atoms with E-state index >= 15 is 0 Å². The molecule has 2 N–H and O–H groups in total. The van der Waals surface area contributed by atoms with Crippen LogP contribution in [0.3, 0.4) is 0 Å². The van der Waals surface area contributed by atoms with Crippen LogP contribution in [0.5, 0.6) is 0 Å². The van der Waals surface area contributed by atoms with Crippen LogP contribution in [0.25, 0.3) is 11.3 Å². The molecule has 0 bridgehead atoms. The Morgan fingerprint density at radius 3 is 2.71 bits per heavy atom. The first-order valence-electron chi connectivity index (χ1n) is 9.31. The molecule has 0 aliphatic carbocycles. The van der Waals surface area contributed by atoms with Crippen LogP contribution in [-0.4, -0.2) is 69.7 Å². The fourth-order valence-corrected chi connectivity index (χ4v) is 3.31.